The lowest BCUT2D eigenvalue weighted by atomic mass is 10.1. The number of benzene rings is 3. The van der Waals surface area contributed by atoms with Crippen LogP contribution in [0.5, 0.6) is 5.75 Å². The molecule has 172 valence electrons. The van der Waals surface area contributed by atoms with E-state index in [1.165, 1.54) is 23.5 Å². The van der Waals surface area contributed by atoms with Gasteiger partial charge in [0, 0.05) is 11.1 Å². The number of amides is 1. The van der Waals surface area contributed by atoms with E-state index in [1.54, 1.807) is 0 Å². The largest absolute Gasteiger partial charge is 0.484 e. The molecule has 2 heterocycles. The number of aromatic amines is 1. The van der Waals surface area contributed by atoms with E-state index in [9.17, 15) is 4.79 Å². The molecule has 0 radical (unpaired) electrons. The number of nitrogens with zero attached hydrogens (tertiary/aromatic N) is 2. The maximum Gasteiger partial charge on any atom is 0.262 e. The molecule has 0 aliphatic carbocycles. The van der Waals surface area contributed by atoms with Crippen LogP contribution in [0.25, 0.3) is 22.8 Å². The summed E-state index contributed by atoms with van der Waals surface area (Å²) in [6, 6.07) is 25.3. The van der Waals surface area contributed by atoms with E-state index >= 15 is 0 Å². The molecule has 4 aromatic rings. The molecule has 5 rings (SSSR count). The molecule has 3 aromatic carbocycles. The second-order valence-electron chi connectivity index (χ2n) is 7.75. The van der Waals surface area contributed by atoms with Gasteiger partial charge in [0.25, 0.3) is 5.91 Å². The van der Waals surface area contributed by atoms with Crippen LogP contribution in [-0.2, 0) is 4.79 Å². The van der Waals surface area contributed by atoms with E-state index in [-0.39, 0.29) is 12.5 Å². The molecule has 1 fully saturated rings. The molecule has 0 bridgehead atoms. The number of ether oxygens (including phenoxy) is 1. The van der Waals surface area contributed by atoms with E-state index in [4.69, 9.17) is 4.74 Å². The molecule has 0 atom stereocenters. The van der Waals surface area contributed by atoms with Gasteiger partial charge in [0.2, 0.25) is 0 Å². The molecule has 1 amide bonds. The number of thioether (sulfide) groups is 2. The van der Waals surface area contributed by atoms with Crippen LogP contribution >= 0.6 is 23.5 Å². The van der Waals surface area contributed by atoms with Crippen LogP contribution in [0.15, 0.2) is 78.9 Å². The van der Waals surface area contributed by atoms with Crippen LogP contribution in [0.3, 0.4) is 0 Å². The fourth-order valence-electron chi connectivity index (χ4n) is 3.63. The zero-order valence-corrected chi connectivity index (χ0v) is 20.1. The van der Waals surface area contributed by atoms with E-state index < -0.39 is 0 Å². The van der Waals surface area contributed by atoms with Crippen molar-refractivity contribution in [2.24, 2.45) is 0 Å². The third kappa shape index (κ3) is 5.46. The summed E-state index contributed by atoms with van der Waals surface area (Å²) in [6.45, 7) is -0.0771. The summed E-state index contributed by atoms with van der Waals surface area (Å²) in [5.74, 6) is 4.05. The van der Waals surface area contributed by atoms with Gasteiger partial charge in [0.05, 0.1) is 10.3 Å². The Bertz CT molecular complexity index is 1240. The highest BCUT2D eigenvalue weighted by atomic mass is 32.2. The van der Waals surface area contributed by atoms with Crippen molar-refractivity contribution < 1.29 is 9.53 Å². The highest BCUT2D eigenvalue weighted by Crippen LogP contribution is 2.43. The maximum atomic E-state index is 12.6. The van der Waals surface area contributed by atoms with E-state index in [0.29, 0.717) is 27.7 Å². The molecule has 6 nitrogen and oxygen atoms in total. The minimum Gasteiger partial charge on any atom is -0.484 e. The summed E-state index contributed by atoms with van der Waals surface area (Å²) in [7, 11) is 0. The van der Waals surface area contributed by atoms with E-state index in [0.717, 1.165) is 11.1 Å². The molecular weight excluding hydrogens is 464 g/mol. The van der Waals surface area contributed by atoms with Gasteiger partial charge in [-0.3, -0.25) is 9.89 Å². The Kier molecular flexibility index (Phi) is 7.16. The first-order valence-corrected chi connectivity index (χ1v) is 13.2. The topological polar surface area (TPSA) is 79.9 Å². The first kappa shape index (κ1) is 22.6. The number of anilines is 1. The van der Waals surface area contributed by atoms with Crippen molar-refractivity contribution in [1.82, 2.24) is 15.2 Å². The normalized spacial score (nSPS) is 14.0. The Labute approximate surface area is 206 Å². The maximum absolute atomic E-state index is 12.6. The standard InChI is InChI=1S/C26H24N4O2S2/c31-23(17-32-20-13-11-19(12-14-20)26-33-15-6-16-34-26)27-22-10-5-4-9-21(22)25-28-24(29-30-25)18-7-2-1-3-8-18/h1-5,7-14,26H,6,15-17H2,(H,27,31)(H,28,29,30). The first-order valence-electron chi connectivity index (χ1n) is 11.1. The third-order valence-electron chi connectivity index (χ3n) is 5.32. The number of para-hydroxylation sites is 1. The van der Waals surface area contributed by atoms with Crippen molar-refractivity contribution in [2.45, 2.75) is 11.0 Å². The minimum atomic E-state index is -0.238. The number of rotatable bonds is 7. The fourth-order valence-corrected chi connectivity index (χ4v) is 6.53. The highest BCUT2D eigenvalue weighted by Gasteiger charge is 2.17. The first-order chi connectivity index (χ1) is 16.8. The zero-order valence-electron chi connectivity index (χ0n) is 18.4. The van der Waals surface area contributed by atoms with Crippen molar-refractivity contribution >= 4 is 35.1 Å². The second-order valence-corrected chi connectivity index (χ2v) is 10.5. The molecule has 0 unspecified atom stereocenters. The lowest BCUT2D eigenvalue weighted by Gasteiger charge is -2.21. The van der Waals surface area contributed by atoms with Crippen LogP contribution in [0, 0.1) is 0 Å². The number of nitrogens with one attached hydrogen (secondary N) is 2. The monoisotopic (exact) mass is 488 g/mol. The van der Waals surface area contributed by atoms with Crippen molar-refractivity contribution in [3.05, 3.63) is 84.4 Å². The summed E-state index contributed by atoms with van der Waals surface area (Å²) < 4.78 is 6.22. The lowest BCUT2D eigenvalue weighted by molar-refractivity contribution is -0.118. The van der Waals surface area contributed by atoms with Gasteiger partial charge in [0.15, 0.2) is 18.3 Å². The molecule has 0 saturated carbocycles. The van der Waals surface area contributed by atoms with Crippen molar-refractivity contribution in [3.63, 3.8) is 0 Å². The number of hydrogen-bond donors (Lipinski definition) is 2. The van der Waals surface area contributed by atoms with Gasteiger partial charge in [-0.15, -0.1) is 23.5 Å². The average molecular weight is 489 g/mol. The van der Waals surface area contributed by atoms with Crippen LogP contribution < -0.4 is 10.1 Å². The van der Waals surface area contributed by atoms with Gasteiger partial charge >= 0.3 is 0 Å². The number of carbonyl (C=O) groups excluding carboxylic acids is 1. The van der Waals surface area contributed by atoms with Crippen molar-refractivity contribution in [1.29, 1.82) is 0 Å². The summed E-state index contributed by atoms with van der Waals surface area (Å²) in [6.07, 6.45) is 1.27. The number of hydrogen-bond acceptors (Lipinski definition) is 6. The zero-order chi connectivity index (χ0) is 23.2. The predicted molar refractivity (Wildman–Crippen MR) is 140 cm³/mol. The predicted octanol–water partition coefficient (Wildman–Crippen LogP) is 6.02. The summed E-state index contributed by atoms with van der Waals surface area (Å²) >= 11 is 3.97. The van der Waals surface area contributed by atoms with Crippen molar-refractivity contribution in [2.75, 3.05) is 23.4 Å². The fraction of sp³-hybridized carbons (Fsp3) is 0.192. The molecule has 2 N–H and O–H groups in total. The van der Waals surface area contributed by atoms with E-state index in [1.807, 2.05) is 90.3 Å². The molecule has 1 aliphatic rings. The lowest BCUT2D eigenvalue weighted by Crippen LogP contribution is -2.20. The SMILES string of the molecule is O=C(COc1ccc(C2SCCCS2)cc1)Nc1ccccc1-c1nc(-c2ccccc2)n[nH]1. The summed E-state index contributed by atoms with van der Waals surface area (Å²) in [5, 5.41) is 10.2. The van der Waals surface area contributed by atoms with Gasteiger partial charge in [-0.05, 0) is 47.8 Å². The quantitative estimate of drug-likeness (QED) is 0.331. The van der Waals surface area contributed by atoms with Crippen LogP contribution in [0.2, 0.25) is 0 Å². The van der Waals surface area contributed by atoms with Crippen molar-refractivity contribution in [3.8, 4) is 28.5 Å². The molecule has 8 heteroatoms. The Hall–Kier alpha value is -3.23. The second kappa shape index (κ2) is 10.8. The number of carbonyl (C=O) groups is 1. The highest BCUT2D eigenvalue weighted by molar-refractivity contribution is 8.16. The van der Waals surface area contributed by atoms with Crippen LogP contribution in [0.1, 0.15) is 16.6 Å². The smallest absolute Gasteiger partial charge is 0.262 e. The average Bonchev–Trinajstić information content (AvgIpc) is 3.39. The number of H-pyrrole nitrogens is 1. The Morgan fingerprint density at radius 1 is 0.971 bits per heavy atom. The molecule has 1 aromatic heterocycles. The molecule has 34 heavy (non-hydrogen) atoms. The molecule has 1 aliphatic heterocycles. The van der Waals surface area contributed by atoms with Crippen LogP contribution in [0.4, 0.5) is 5.69 Å². The Balaban J connectivity index is 1.22. The third-order valence-corrected chi connectivity index (χ3v) is 8.34. The van der Waals surface area contributed by atoms with Gasteiger partial charge in [-0.1, -0.05) is 54.6 Å². The van der Waals surface area contributed by atoms with Gasteiger partial charge in [0.1, 0.15) is 5.75 Å². The minimum absolute atomic E-state index is 0.0771. The van der Waals surface area contributed by atoms with Crippen LogP contribution in [-0.4, -0.2) is 39.2 Å². The molecule has 1 saturated heterocycles. The van der Waals surface area contributed by atoms with Gasteiger partial charge < -0.3 is 10.1 Å². The van der Waals surface area contributed by atoms with Gasteiger partial charge in [-0.25, -0.2) is 4.98 Å². The van der Waals surface area contributed by atoms with E-state index in [2.05, 4.69) is 32.6 Å². The molecule has 0 spiro atoms. The Morgan fingerprint density at radius 3 is 2.50 bits per heavy atom. The number of aromatic nitrogens is 3. The van der Waals surface area contributed by atoms with Gasteiger partial charge in [-0.2, -0.15) is 5.10 Å². The Morgan fingerprint density at radius 2 is 1.71 bits per heavy atom. The summed E-state index contributed by atoms with van der Waals surface area (Å²) in [5.41, 5.74) is 3.62. The molecular formula is C26H24N4O2S2. The summed E-state index contributed by atoms with van der Waals surface area (Å²) in [4.78, 5) is 17.2.